The second kappa shape index (κ2) is 6.00. The van der Waals surface area contributed by atoms with Gasteiger partial charge in [0.2, 0.25) is 5.91 Å². The van der Waals surface area contributed by atoms with Crippen molar-refractivity contribution >= 4 is 17.3 Å². The molecule has 2 N–H and O–H groups in total. The van der Waals surface area contributed by atoms with Crippen LogP contribution in [0.1, 0.15) is 24.0 Å². The second-order valence-electron chi connectivity index (χ2n) is 5.68. The summed E-state index contributed by atoms with van der Waals surface area (Å²) < 4.78 is 0. The maximum atomic E-state index is 11.7. The Balaban J connectivity index is 1.54. The molecule has 2 aromatic rings. The first kappa shape index (κ1) is 13.7. The Morgan fingerprint density at radius 3 is 2.24 bits per heavy atom. The monoisotopic (exact) mass is 280 g/mol. The normalized spacial score (nSPS) is 13.8. The largest absolute Gasteiger partial charge is 0.381 e. The van der Waals surface area contributed by atoms with E-state index in [-0.39, 0.29) is 11.8 Å². The Morgan fingerprint density at radius 2 is 1.62 bits per heavy atom. The van der Waals surface area contributed by atoms with Crippen LogP contribution in [0.2, 0.25) is 0 Å². The van der Waals surface area contributed by atoms with Crippen LogP contribution in [-0.2, 0) is 11.3 Å². The summed E-state index contributed by atoms with van der Waals surface area (Å²) in [5.41, 5.74) is 4.45. The van der Waals surface area contributed by atoms with Gasteiger partial charge in [-0.05, 0) is 49.6 Å². The van der Waals surface area contributed by atoms with Crippen molar-refractivity contribution in [3.05, 3.63) is 59.7 Å². The predicted octanol–water partition coefficient (Wildman–Crippen LogP) is 3.96. The van der Waals surface area contributed by atoms with Crippen LogP contribution in [0.4, 0.5) is 11.4 Å². The SMILES string of the molecule is Cc1ccc(CNc2ccc(NC(=O)C3CC3)cc2)cc1. The summed E-state index contributed by atoms with van der Waals surface area (Å²) in [5, 5.41) is 6.33. The van der Waals surface area contributed by atoms with Crippen molar-refractivity contribution in [2.45, 2.75) is 26.3 Å². The maximum Gasteiger partial charge on any atom is 0.227 e. The summed E-state index contributed by atoms with van der Waals surface area (Å²) >= 11 is 0. The molecular formula is C18H20N2O. The first-order chi connectivity index (χ1) is 10.2. The van der Waals surface area contributed by atoms with Crippen LogP contribution in [0.3, 0.4) is 0 Å². The van der Waals surface area contributed by atoms with Crippen molar-refractivity contribution in [3.63, 3.8) is 0 Å². The lowest BCUT2D eigenvalue weighted by Gasteiger charge is -2.09. The molecule has 0 aromatic heterocycles. The third kappa shape index (κ3) is 3.85. The van der Waals surface area contributed by atoms with Gasteiger partial charge in [0.05, 0.1) is 0 Å². The van der Waals surface area contributed by atoms with Gasteiger partial charge >= 0.3 is 0 Å². The van der Waals surface area contributed by atoms with Crippen LogP contribution >= 0.6 is 0 Å². The summed E-state index contributed by atoms with van der Waals surface area (Å²) in [4.78, 5) is 11.7. The Labute approximate surface area is 125 Å². The fraction of sp³-hybridized carbons (Fsp3) is 0.278. The molecule has 0 radical (unpaired) electrons. The fourth-order valence-corrected chi connectivity index (χ4v) is 2.17. The molecule has 1 amide bonds. The summed E-state index contributed by atoms with van der Waals surface area (Å²) in [6.45, 7) is 2.89. The van der Waals surface area contributed by atoms with E-state index in [4.69, 9.17) is 0 Å². The van der Waals surface area contributed by atoms with Gasteiger partial charge in [-0.3, -0.25) is 4.79 Å². The van der Waals surface area contributed by atoms with E-state index >= 15 is 0 Å². The van der Waals surface area contributed by atoms with Gasteiger partial charge in [-0.1, -0.05) is 29.8 Å². The second-order valence-corrected chi connectivity index (χ2v) is 5.68. The molecule has 0 heterocycles. The smallest absolute Gasteiger partial charge is 0.227 e. The van der Waals surface area contributed by atoms with E-state index in [1.807, 2.05) is 24.3 Å². The quantitative estimate of drug-likeness (QED) is 0.870. The zero-order valence-corrected chi connectivity index (χ0v) is 12.2. The average molecular weight is 280 g/mol. The Bertz CT molecular complexity index is 613. The highest BCUT2D eigenvalue weighted by molar-refractivity contribution is 5.94. The molecule has 2 aromatic carbocycles. The van der Waals surface area contributed by atoms with Crippen molar-refractivity contribution in [2.75, 3.05) is 10.6 Å². The number of aryl methyl sites for hydroxylation is 1. The Kier molecular flexibility index (Phi) is 3.91. The van der Waals surface area contributed by atoms with Gasteiger partial charge in [0.1, 0.15) is 0 Å². The molecule has 1 aliphatic rings. The molecule has 0 unspecified atom stereocenters. The molecule has 108 valence electrons. The molecule has 3 rings (SSSR count). The van der Waals surface area contributed by atoms with Gasteiger partial charge in [-0.15, -0.1) is 0 Å². The lowest BCUT2D eigenvalue weighted by Crippen LogP contribution is -2.13. The van der Waals surface area contributed by atoms with Crippen LogP contribution in [0.25, 0.3) is 0 Å². The summed E-state index contributed by atoms with van der Waals surface area (Å²) in [7, 11) is 0. The summed E-state index contributed by atoms with van der Waals surface area (Å²) in [5.74, 6) is 0.389. The zero-order chi connectivity index (χ0) is 14.7. The number of nitrogens with one attached hydrogen (secondary N) is 2. The maximum absolute atomic E-state index is 11.7. The molecule has 0 bridgehead atoms. The Morgan fingerprint density at radius 1 is 1.00 bits per heavy atom. The molecule has 0 atom stereocenters. The van der Waals surface area contributed by atoms with Crippen LogP contribution < -0.4 is 10.6 Å². The van der Waals surface area contributed by atoms with Crippen molar-refractivity contribution < 1.29 is 4.79 Å². The average Bonchev–Trinajstić information content (AvgIpc) is 3.33. The van der Waals surface area contributed by atoms with E-state index in [0.717, 1.165) is 30.8 Å². The number of carbonyl (C=O) groups excluding carboxylic acids is 1. The van der Waals surface area contributed by atoms with Gasteiger partial charge < -0.3 is 10.6 Å². The van der Waals surface area contributed by atoms with Crippen molar-refractivity contribution in [1.82, 2.24) is 0 Å². The minimum absolute atomic E-state index is 0.148. The highest BCUT2D eigenvalue weighted by Gasteiger charge is 2.29. The minimum Gasteiger partial charge on any atom is -0.381 e. The van der Waals surface area contributed by atoms with E-state index in [0.29, 0.717) is 0 Å². The van der Waals surface area contributed by atoms with Crippen molar-refractivity contribution in [2.24, 2.45) is 5.92 Å². The van der Waals surface area contributed by atoms with E-state index < -0.39 is 0 Å². The predicted molar refractivity (Wildman–Crippen MR) is 86.3 cm³/mol. The molecule has 3 heteroatoms. The van der Waals surface area contributed by atoms with E-state index in [9.17, 15) is 4.79 Å². The van der Waals surface area contributed by atoms with Crippen LogP contribution in [0, 0.1) is 12.8 Å². The molecule has 0 aliphatic heterocycles. The minimum atomic E-state index is 0.148. The van der Waals surface area contributed by atoms with Gasteiger partial charge in [-0.25, -0.2) is 0 Å². The van der Waals surface area contributed by atoms with E-state index in [1.165, 1.54) is 11.1 Å². The molecule has 21 heavy (non-hydrogen) atoms. The molecule has 1 aliphatic carbocycles. The lowest BCUT2D eigenvalue weighted by atomic mass is 10.1. The number of amides is 1. The third-order valence-electron chi connectivity index (χ3n) is 3.72. The topological polar surface area (TPSA) is 41.1 Å². The molecule has 1 saturated carbocycles. The van der Waals surface area contributed by atoms with E-state index in [2.05, 4.69) is 41.8 Å². The zero-order valence-electron chi connectivity index (χ0n) is 12.2. The van der Waals surface area contributed by atoms with Crippen LogP contribution in [-0.4, -0.2) is 5.91 Å². The highest BCUT2D eigenvalue weighted by Crippen LogP contribution is 2.30. The van der Waals surface area contributed by atoms with Crippen molar-refractivity contribution in [3.8, 4) is 0 Å². The lowest BCUT2D eigenvalue weighted by molar-refractivity contribution is -0.117. The molecule has 1 fully saturated rings. The fourth-order valence-electron chi connectivity index (χ4n) is 2.17. The standard InChI is InChI=1S/C18H20N2O/c1-13-2-4-14(5-3-13)12-19-16-8-10-17(11-9-16)20-18(21)15-6-7-15/h2-5,8-11,15,19H,6-7,12H2,1H3,(H,20,21). The van der Waals surface area contributed by atoms with Crippen LogP contribution in [0.5, 0.6) is 0 Å². The number of hydrogen-bond acceptors (Lipinski definition) is 2. The molecular weight excluding hydrogens is 260 g/mol. The van der Waals surface area contributed by atoms with Crippen LogP contribution in [0.15, 0.2) is 48.5 Å². The number of benzene rings is 2. The van der Waals surface area contributed by atoms with Gasteiger partial charge in [0.25, 0.3) is 0 Å². The number of rotatable bonds is 5. The first-order valence-electron chi connectivity index (χ1n) is 7.41. The van der Waals surface area contributed by atoms with E-state index in [1.54, 1.807) is 0 Å². The van der Waals surface area contributed by atoms with Gasteiger partial charge in [0.15, 0.2) is 0 Å². The highest BCUT2D eigenvalue weighted by atomic mass is 16.2. The Hall–Kier alpha value is -2.29. The first-order valence-corrected chi connectivity index (χ1v) is 7.41. The summed E-state index contributed by atoms with van der Waals surface area (Å²) in [6.07, 6.45) is 2.06. The van der Waals surface area contributed by atoms with Gasteiger partial charge in [-0.2, -0.15) is 0 Å². The number of anilines is 2. The molecule has 0 saturated heterocycles. The van der Waals surface area contributed by atoms with Gasteiger partial charge in [0, 0.05) is 23.8 Å². The van der Waals surface area contributed by atoms with Crippen molar-refractivity contribution in [1.29, 1.82) is 0 Å². The number of carbonyl (C=O) groups is 1. The number of hydrogen-bond donors (Lipinski definition) is 2. The molecule has 0 spiro atoms. The summed E-state index contributed by atoms with van der Waals surface area (Å²) in [6, 6.07) is 16.4. The third-order valence-corrected chi connectivity index (χ3v) is 3.72. The molecule has 3 nitrogen and oxygen atoms in total.